The second-order valence-corrected chi connectivity index (χ2v) is 5.36. The Balaban J connectivity index is 1.67. The number of carbonyl (C=O) groups excluding carboxylic acids is 2. The van der Waals surface area contributed by atoms with Crippen LogP contribution in [0.15, 0.2) is 65.3 Å². The highest BCUT2D eigenvalue weighted by molar-refractivity contribution is 6.03. The predicted octanol–water partition coefficient (Wildman–Crippen LogP) is 2.87. The molecule has 26 heavy (non-hydrogen) atoms. The summed E-state index contributed by atoms with van der Waals surface area (Å²) in [7, 11) is 1.55. The van der Waals surface area contributed by atoms with Gasteiger partial charge in [-0.15, -0.1) is 0 Å². The molecule has 7 nitrogen and oxygen atoms in total. The van der Waals surface area contributed by atoms with Crippen LogP contribution in [0.25, 0.3) is 0 Å². The van der Waals surface area contributed by atoms with Crippen molar-refractivity contribution < 1.29 is 18.7 Å². The summed E-state index contributed by atoms with van der Waals surface area (Å²) in [6.07, 6.45) is 1.53. The molecule has 132 valence electrons. The Hall–Kier alpha value is -3.61. The molecule has 7 heteroatoms. The Labute approximate surface area is 150 Å². The van der Waals surface area contributed by atoms with Crippen LogP contribution in [0.2, 0.25) is 0 Å². The summed E-state index contributed by atoms with van der Waals surface area (Å²) in [5.74, 6) is 0.448. The van der Waals surface area contributed by atoms with Crippen molar-refractivity contribution in [2.24, 2.45) is 0 Å². The number of hydrogen-bond donors (Lipinski definition) is 2. The molecule has 0 unspecified atom stereocenters. The molecule has 0 atom stereocenters. The van der Waals surface area contributed by atoms with Gasteiger partial charge in [0.05, 0.1) is 19.9 Å². The normalized spacial score (nSPS) is 10.2. The molecule has 0 spiro atoms. The number of ether oxygens (including phenoxy) is 1. The highest BCUT2D eigenvalue weighted by Crippen LogP contribution is 2.17. The van der Waals surface area contributed by atoms with Gasteiger partial charge < -0.3 is 19.8 Å². The lowest BCUT2D eigenvalue weighted by Crippen LogP contribution is -2.24. The van der Waals surface area contributed by atoms with E-state index in [0.717, 1.165) is 0 Å². The van der Waals surface area contributed by atoms with E-state index in [2.05, 4.69) is 15.6 Å². The third-order valence-corrected chi connectivity index (χ3v) is 3.55. The Morgan fingerprint density at radius 1 is 1.04 bits per heavy atom. The van der Waals surface area contributed by atoms with E-state index in [1.807, 2.05) is 0 Å². The average Bonchev–Trinajstić information content (AvgIpc) is 3.20. The minimum Gasteiger partial charge on any atom is -0.497 e. The number of carbonyl (C=O) groups is 2. The fraction of sp³-hybridized carbons (Fsp3) is 0.105. The van der Waals surface area contributed by atoms with Crippen molar-refractivity contribution in [1.82, 2.24) is 10.3 Å². The van der Waals surface area contributed by atoms with Gasteiger partial charge >= 0.3 is 0 Å². The molecule has 2 heterocycles. The number of nitrogens with one attached hydrogen (secondary N) is 2. The number of furan rings is 1. The average molecular weight is 351 g/mol. The summed E-state index contributed by atoms with van der Waals surface area (Å²) in [5.41, 5.74) is 0.858. The summed E-state index contributed by atoms with van der Waals surface area (Å²) in [6.45, 7) is 0.244. The second-order valence-electron chi connectivity index (χ2n) is 5.36. The number of hydrogen-bond acceptors (Lipinski definition) is 5. The van der Waals surface area contributed by atoms with Crippen molar-refractivity contribution in [2.75, 3.05) is 12.4 Å². The standard InChI is InChI=1S/C19H17N3O4/c1-25-14-6-2-5-13(11-14)21-19(24)17-9-3-8-16(22-17)18(23)20-12-15-7-4-10-26-15/h2-11H,12H2,1H3,(H,20,23)(H,21,24). The van der Waals surface area contributed by atoms with Crippen LogP contribution in [0.4, 0.5) is 5.69 Å². The van der Waals surface area contributed by atoms with E-state index in [1.54, 1.807) is 61.7 Å². The molecular weight excluding hydrogens is 334 g/mol. The number of anilines is 1. The Bertz CT molecular complexity index is 907. The van der Waals surface area contributed by atoms with Crippen LogP contribution in [0.1, 0.15) is 26.7 Å². The zero-order chi connectivity index (χ0) is 18.4. The van der Waals surface area contributed by atoms with E-state index in [0.29, 0.717) is 17.2 Å². The smallest absolute Gasteiger partial charge is 0.274 e. The molecule has 3 aromatic rings. The van der Waals surface area contributed by atoms with Gasteiger partial charge in [-0.05, 0) is 36.4 Å². The van der Waals surface area contributed by atoms with E-state index in [9.17, 15) is 9.59 Å². The molecule has 0 saturated heterocycles. The Morgan fingerprint density at radius 3 is 2.54 bits per heavy atom. The molecule has 0 fully saturated rings. The van der Waals surface area contributed by atoms with Crippen molar-refractivity contribution in [1.29, 1.82) is 0 Å². The molecule has 0 bridgehead atoms. The van der Waals surface area contributed by atoms with Gasteiger partial charge in [0.15, 0.2) is 0 Å². The van der Waals surface area contributed by atoms with Gasteiger partial charge in [0, 0.05) is 11.8 Å². The van der Waals surface area contributed by atoms with Crippen molar-refractivity contribution >= 4 is 17.5 Å². The van der Waals surface area contributed by atoms with Crippen LogP contribution in [0.3, 0.4) is 0 Å². The van der Waals surface area contributed by atoms with Gasteiger partial charge in [0.1, 0.15) is 22.9 Å². The molecule has 2 amide bonds. The summed E-state index contributed by atoms with van der Waals surface area (Å²) in [6, 6.07) is 15.2. The maximum atomic E-state index is 12.4. The van der Waals surface area contributed by atoms with Crippen LogP contribution < -0.4 is 15.4 Å². The lowest BCUT2D eigenvalue weighted by atomic mass is 10.2. The van der Waals surface area contributed by atoms with E-state index < -0.39 is 11.8 Å². The monoisotopic (exact) mass is 351 g/mol. The molecule has 0 aliphatic carbocycles. The van der Waals surface area contributed by atoms with Gasteiger partial charge in [-0.1, -0.05) is 12.1 Å². The molecule has 0 aliphatic rings. The highest BCUT2D eigenvalue weighted by Gasteiger charge is 2.13. The molecular formula is C19H17N3O4. The van der Waals surface area contributed by atoms with E-state index in [4.69, 9.17) is 9.15 Å². The zero-order valence-corrected chi connectivity index (χ0v) is 14.1. The number of aromatic nitrogens is 1. The third kappa shape index (κ3) is 4.27. The van der Waals surface area contributed by atoms with Crippen LogP contribution in [0, 0.1) is 0 Å². The van der Waals surface area contributed by atoms with Crippen LogP contribution in [-0.2, 0) is 6.54 Å². The lowest BCUT2D eigenvalue weighted by molar-refractivity contribution is 0.0943. The molecule has 2 N–H and O–H groups in total. The van der Waals surface area contributed by atoms with Gasteiger partial charge in [-0.2, -0.15) is 0 Å². The zero-order valence-electron chi connectivity index (χ0n) is 14.1. The lowest BCUT2D eigenvalue weighted by Gasteiger charge is -2.08. The van der Waals surface area contributed by atoms with E-state index >= 15 is 0 Å². The van der Waals surface area contributed by atoms with Gasteiger partial charge in [0.25, 0.3) is 11.8 Å². The summed E-state index contributed by atoms with van der Waals surface area (Å²) < 4.78 is 10.3. The SMILES string of the molecule is COc1cccc(NC(=O)c2cccc(C(=O)NCc3ccco3)n2)c1. The minimum absolute atomic E-state index is 0.137. The Kier molecular flexibility index (Phi) is 5.28. The molecule has 2 aromatic heterocycles. The molecule has 0 saturated carbocycles. The quantitative estimate of drug-likeness (QED) is 0.712. The van der Waals surface area contributed by atoms with Crippen molar-refractivity contribution in [3.63, 3.8) is 0 Å². The van der Waals surface area contributed by atoms with Crippen molar-refractivity contribution in [2.45, 2.75) is 6.54 Å². The summed E-state index contributed by atoms with van der Waals surface area (Å²) in [4.78, 5) is 28.7. The summed E-state index contributed by atoms with van der Waals surface area (Å²) >= 11 is 0. The minimum atomic E-state index is -0.418. The highest BCUT2D eigenvalue weighted by atomic mass is 16.5. The first-order chi connectivity index (χ1) is 12.7. The number of nitrogens with zero attached hydrogens (tertiary/aromatic N) is 1. The van der Waals surface area contributed by atoms with E-state index in [-0.39, 0.29) is 17.9 Å². The third-order valence-electron chi connectivity index (χ3n) is 3.55. The number of pyridine rings is 1. The number of rotatable bonds is 6. The fourth-order valence-electron chi connectivity index (χ4n) is 2.25. The van der Waals surface area contributed by atoms with Gasteiger partial charge in [-0.3, -0.25) is 9.59 Å². The topological polar surface area (TPSA) is 93.5 Å². The van der Waals surface area contributed by atoms with Crippen LogP contribution >= 0.6 is 0 Å². The van der Waals surface area contributed by atoms with Gasteiger partial charge in [0.2, 0.25) is 0 Å². The molecule has 1 aromatic carbocycles. The Morgan fingerprint density at radius 2 is 1.81 bits per heavy atom. The van der Waals surface area contributed by atoms with E-state index in [1.165, 1.54) is 6.26 Å². The fourth-order valence-corrected chi connectivity index (χ4v) is 2.25. The predicted molar refractivity (Wildman–Crippen MR) is 95.1 cm³/mol. The van der Waals surface area contributed by atoms with Gasteiger partial charge in [-0.25, -0.2) is 4.98 Å². The van der Waals surface area contributed by atoms with Crippen LogP contribution in [-0.4, -0.2) is 23.9 Å². The number of methoxy groups -OCH3 is 1. The first-order valence-electron chi connectivity index (χ1n) is 7.89. The first-order valence-corrected chi connectivity index (χ1v) is 7.89. The second kappa shape index (κ2) is 7.98. The van der Waals surface area contributed by atoms with Crippen molar-refractivity contribution in [3.8, 4) is 5.75 Å². The number of amides is 2. The largest absolute Gasteiger partial charge is 0.497 e. The summed E-state index contributed by atoms with van der Waals surface area (Å²) in [5, 5.41) is 5.41. The first kappa shape index (κ1) is 17.2. The number of benzene rings is 1. The van der Waals surface area contributed by atoms with Crippen LogP contribution in [0.5, 0.6) is 5.75 Å². The molecule has 0 aliphatic heterocycles. The maximum Gasteiger partial charge on any atom is 0.274 e. The molecule has 0 radical (unpaired) electrons. The molecule has 3 rings (SSSR count). The maximum absolute atomic E-state index is 12.4. The van der Waals surface area contributed by atoms with Crippen molar-refractivity contribution in [3.05, 3.63) is 78.0 Å².